The molecule has 0 saturated carbocycles. The minimum absolute atomic E-state index is 0.812. The van der Waals surface area contributed by atoms with Crippen LogP contribution < -0.4 is 10.1 Å². The number of rotatable bonds is 4. The molecule has 17 heavy (non-hydrogen) atoms. The van der Waals surface area contributed by atoms with Gasteiger partial charge in [0.2, 0.25) is 0 Å². The van der Waals surface area contributed by atoms with E-state index in [1.807, 2.05) is 18.2 Å². The number of thiophene rings is 1. The molecule has 0 saturated heterocycles. The zero-order valence-electron chi connectivity index (χ0n) is 9.17. The van der Waals surface area contributed by atoms with E-state index in [2.05, 4.69) is 48.6 Å². The average Bonchev–Trinajstić information content (AvgIpc) is 2.74. The van der Waals surface area contributed by atoms with Crippen LogP contribution in [0.1, 0.15) is 5.56 Å². The Labute approximate surface area is 121 Å². The topological polar surface area (TPSA) is 21.3 Å². The van der Waals surface area contributed by atoms with Crippen molar-refractivity contribution in [2.24, 2.45) is 0 Å². The summed E-state index contributed by atoms with van der Waals surface area (Å²) in [5, 5.41) is 5.49. The Hall–Kier alpha value is -0.520. The number of hydrogen-bond donors (Lipinski definition) is 1. The maximum absolute atomic E-state index is 5.25. The Kier molecular flexibility index (Phi) is 4.48. The molecule has 0 aliphatic carbocycles. The second kappa shape index (κ2) is 5.89. The van der Waals surface area contributed by atoms with Crippen molar-refractivity contribution < 1.29 is 4.74 Å². The minimum Gasteiger partial charge on any atom is -0.495 e. The van der Waals surface area contributed by atoms with Crippen LogP contribution in [0.4, 0.5) is 5.69 Å². The van der Waals surface area contributed by atoms with Crippen molar-refractivity contribution in [2.75, 3.05) is 12.4 Å². The Bertz CT molecular complexity index is 513. The Morgan fingerprint density at radius 2 is 2.12 bits per heavy atom. The maximum atomic E-state index is 5.25. The van der Waals surface area contributed by atoms with E-state index < -0.39 is 0 Å². The van der Waals surface area contributed by atoms with Crippen LogP contribution in [-0.2, 0) is 6.54 Å². The second-order valence-corrected chi connectivity index (χ2v) is 6.61. The molecular weight excluding hydrogens is 366 g/mol. The fourth-order valence-electron chi connectivity index (χ4n) is 1.41. The second-order valence-electron chi connectivity index (χ2n) is 3.46. The highest BCUT2D eigenvalue weighted by molar-refractivity contribution is 9.11. The number of halogens is 2. The molecule has 90 valence electrons. The SMILES string of the molecule is COc1cc(NCc2csc(Br)c2)ccc1Br. The molecule has 1 heterocycles. The molecule has 1 aromatic heterocycles. The van der Waals surface area contributed by atoms with Gasteiger partial charge < -0.3 is 10.1 Å². The Balaban J connectivity index is 2.04. The van der Waals surface area contributed by atoms with Crippen molar-refractivity contribution in [3.63, 3.8) is 0 Å². The van der Waals surface area contributed by atoms with Crippen molar-refractivity contribution in [1.82, 2.24) is 0 Å². The van der Waals surface area contributed by atoms with Crippen molar-refractivity contribution >= 4 is 48.9 Å². The zero-order chi connectivity index (χ0) is 12.3. The van der Waals surface area contributed by atoms with Crippen LogP contribution in [-0.4, -0.2) is 7.11 Å². The van der Waals surface area contributed by atoms with Crippen molar-refractivity contribution in [2.45, 2.75) is 6.54 Å². The molecule has 0 radical (unpaired) electrons. The standard InChI is InChI=1S/C12H11Br2NOS/c1-16-11-5-9(2-3-10(11)13)15-6-8-4-12(14)17-7-8/h2-5,7,15H,6H2,1H3. The summed E-state index contributed by atoms with van der Waals surface area (Å²) < 4.78 is 7.37. The Morgan fingerprint density at radius 1 is 1.29 bits per heavy atom. The number of benzene rings is 1. The van der Waals surface area contributed by atoms with Crippen LogP contribution in [0.5, 0.6) is 5.75 Å². The fraction of sp³-hybridized carbons (Fsp3) is 0.167. The number of ether oxygens (including phenoxy) is 1. The van der Waals surface area contributed by atoms with Crippen molar-refractivity contribution in [3.05, 3.63) is 43.5 Å². The summed E-state index contributed by atoms with van der Waals surface area (Å²) in [6.07, 6.45) is 0. The molecule has 0 aliphatic heterocycles. The van der Waals surface area contributed by atoms with E-state index in [0.29, 0.717) is 0 Å². The average molecular weight is 377 g/mol. The molecule has 2 aromatic rings. The predicted molar refractivity (Wildman–Crippen MR) is 80.0 cm³/mol. The van der Waals surface area contributed by atoms with Gasteiger partial charge >= 0.3 is 0 Å². The van der Waals surface area contributed by atoms with Crippen LogP contribution in [0, 0.1) is 0 Å². The van der Waals surface area contributed by atoms with Crippen molar-refractivity contribution in [1.29, 1.82) is 0 Å². The van der Waals surface area contributed by atoms with Gasteiger partial charge in [-0.1, -0.05) is 0 Å². The van der Waals surface area contributed by atoms with Gasteiger partial charge in [0.25, 0.3) is 0 Å². The molecule has 0 spiro atoms. The summed E-state index contributed by atoms with van der Waals surface area (Å²) in [5.74, 6) is 0.835. The molecule has 5 heteroatoms. The first-order valence-electron chi connectivity index (χ1n) is 4.99. The van der Waals surface area contributed by atoms with Gasteiger partial charge in [-0.2, -0.15) is 0 Å². The summed E-state index contributed by atoms with van der Waals surface area (Å²) in [5.41, 5.74) is 2.32. The first-order chi connectivity index (χ1) is 8.19. The monoisotopic (exact) mass is 375 g/mol. The lowest BCUT2D eigenvalue weighted by Crippen LogP contribution is -1.98. The summed E-state index contributed by atoms with van der Waals surface area (Å²) in [7, 11) is 1.67. The maximum Gasteiger partial charge on any atom is 0.135 e. The van der Waals surface area contributed by atoms with Gasteiger partial charge in [0.1, 0.15) is 5.75 Å². The van der Waals surface area contributed by atoms with Gasteiger partial charge in [-0.3, -0.25) is 0 Å². The molecule has 0 bridgehead atoms. The highest BCUT2D eigenvalue weighted by Crippen LogP contribution is 2.28. The van der Waals surface area contributed by atoms with Gasteiger partial charge in [0.05, 0.1) is 15.4 Å². The molecule has 0 fully saturated rings. The molecule has 0 aliphatic rings. The van der Waals surface area contributed by atoms with E-state index in [4.69, 9.17) is 4.74 Å². The summed E-state index contributed by atoms with van der Waals surface area (Å²) >= 11 is 8.58. The number of nitrogens with one attached hydrogen (secondary N) is 1. The van der Waals surface area contributed by atoms with Crippen LogP contribution in [0.2, 0.25) is 0 Å². The van der Waals surface area contributed by atoms with Gasteiger partial charge in [0.15, 0.2) is 0 Å². The summed E-state index contributed by atoms with van der Waals surface area (Å²) in [6.45, 7) is 0.812. The van der Waals surface area contributed by atoms with Crippen LogP contribution >= 0.6 is 43.2 Å². The van der Waals surface area contributed by atoms with E-state index in [9.17, 15) is 0 Å². The van der Waals surface area contributed by atoms with Gasteiger partial charge in [0, 0.05) is 18.3 Å². The third-order valence-corrected chi connectivity index (χ3v) is 4.48. The zero-order valence-corrected chi connectivity index (χ0v) is 13.2. The number of anilines is 1. The highest BCUT2D eigenvalue weighted by Gasteiger charge is 2.02. The van der Waals surface area contributed by atoms with Gasteiger partial charge in [-0.25, -0.2) is 0 Å². The van der Waals surface area contributed by atoms with E-state index in [0.717, 1.165) is 26.2 Å². The largest absolute Gasteiger partial charge is 0.495 e. The van der Waals surface area contributed by atoms with Gasteiger partial charge in [-0.15, -0.1) is 11.3 Å². The van der Waals surface area contributed by atoms with Crippen molar-refractivity contribution in [3.8, 4) is 5.75 Å². The van der Waals surface area contributed by atoms with Crippen LogP contribution in [0.3, 0.4) is 0 Å². The smallest absolute Gasteiger partial charge is 0.135 e. The molecule has 0 amide bonds. The van der Waals surface area contributed by atoms with Gasteiger partial charge in [-0.05, 0) is 61.0 Å². The van der Waals surface area contributed by atoms with Crippen LogP contribution in [0.15, 0.2) is 37.9 Å². The fourth-order valence-corrected chi connectivity index (χ4v) is 3.03. The number of hydrogen-bond acceptors (Lipinski definition) is 3. The molecule has 0 atom stereocenters. The quantitative estimate of drug-likeness (QED) is 0.819. The minimum atomic E-state index is 0.812. The molecule has 2 nitrogen and oxygen atoms in total. The summed E-state index contributed by atoms with van der Waals surface area (Å²) in [4.78, 5) is 0. The highest BCUT2D eigenvalue weighted by atomic mass is 79.9. The molecule has 1 aromatic carbocycles. The predicted octanol–water partition coefficient (Wildman–Crippen LogP) is 4.89. The van der Waals surface area contributed by atoms with E-state index in [1.165, 1.54) is 5.56 Å². The first kappa shape index (κ1) is 12.9. The van der Waals surface area contributed by atoms with E-state index >= 15 is 0 Å². The third kappa shape index (κ3) is 3.47. The normalized spacial score (nSPS) is 10.3. The number of methoxy groups -OCH3 is 1. The molecule has 1 N–H and O–H groups in total. The van der Waals surface area contributed by atoms with Crippen LogP contribution in [0.25, 0.3) is 0 Å². The Morgan fingerprint density at radius 3 is 2.76 bits per heavy atom. The molecular formula is C12H11Br2NOS. The third-order valence-electron chi connectivity index (χ3n) is 2.27. The lowest BCUT2D eigenvalue weighted by Gasteiger charge is -2.08. The lowest BCUT2D eigenvalue weighted by molar-refractivity contribution is 0.412. The summed E-state index contributed by atoms with van der Waals surface area (Å²) in [6, 6.07) is 8.10. The van der Waals surface area contributed by atoms with E-state index in [-0.39, 0.29) is 0 Å². The van der Waals surface area contributed by atoms with E-state index in [1.54, 1.807) is 18.4 Å². The lowest BCUT2D eigenvalue weighted by atomic mass is 10.3. The molecule has 2 rings (SSSR count). The first-order valence-corrected chi connectivity index (χ1v) is 7.46. The molecule has 0 unspecified atom stereocenters.